The van der Waals surface area contributed by atoms with Gasteiger partial charge in [0.15, 0.2) is 0 Å². The number of aliphatic hydroxyl groups excluding tert-OH is 1. The average molecular weight is 346 g/mol. The fourth-order valence-electron chi connectivity index (χ4n) is 1.60. The summed E-state index contributed by atoms with van der Waals surface area (Å²) in [5.41, 5.74) is 2.32. The molecule has 0 heterocycles. The van der Waals surface area contributed by atoms with Gasteiger partial charge in [-0.05, 0) is 43.5 Å². The van der Waals surface area contributed by atoms with Gasteiger partial charge in [-0.3, -0.25) is 4.79 Å². The van der Waals surface area contributed by atoms with E-state index in [1.54, 1.807) is 0 Å². The number of carbonyl (C=O) groups excluding carboxylic acids is 1. The number of thioether (sulfide) groups is 1. The number of benzene rings is 1. The standard InChI is InChI=1S/C14H20BrNO2S/c1-4-11(7-17)16-14(18)8-19-13-6-9(2)12(15)5-10(13)3/h5-6,11,17H,4,7-8H2,1-3H3,(H,16,18)/t11-/m1/s1. The first-order chi connectivity index (χ1) is 8.97. The van der Waals surface area contributed by atoms with E-state index >= 15 is 0 Å². The molecule has 0 aliphatic rings. The van der Waals surface area contributed by atoms with Crippen LogP contribution in [0.15, 0.2) is 21.5 Å². The van der Waals surface area contributed by atoms with E-state index in [9.17, 15) is 4.79 Å². The highest BCUT2D eigenvalue weighted by molar-refractivity contribution is 9.10. The van der Waals surface area contributed by atoms with E-state index in [2.05, 4.69) is 33.4 Å². The Labute approximate surface area is 127 Å². The quantitative estimate of drug-likeness (QED) is 0.779. The smallest absolute Gasteiger partial charge is 0.230 e. The van der Waals surface area contributed by atoms with Crippen LogP contribution in [0.1, 0.15) is 24.5 Å². The van der Waals surface area contributed by atoms with Gasteiger partial charge in [-0.15, -0.1) is 11.8 Å². The van der Waals surface area contributed by atoms with Crippen LogP contribution in [-0.4, -0.2) is 29.4 Å². The Morgan fingerprint density at radius 1 is 1.42 bits per heavy atom. The van der Waals surface area contributed by atoms with Crippen molar-refractivity contribution < 1.29 is 9.90 Å². The van der Waals surface area contributed by atoms with Gasteiger partial charge in [-0.2, -0.15) is 0 Å². The number of nitrogens with one attached hydrogen (secondary N) is 1. The molecule has 0 saturated carbocycles. The Kier molecular flexibility index (Phi) is 6.89. The minimum absolute atomic E-state index is 0.0106. The van der Waals surface area contributed by atoms with Crippen LogP contribution in [0.3, 0.4) is 0 Å². The zero-order chi connectivity index (χ0) is 14.4. The predicted octanol–water partition coefficient (Wildman–Crippen LogP) is 3.05. The van der Waals surface area contributed by atoms with Gasteiger partial charge in [0, 0.05) is 9.37 Å². The summed E-state index contributed by atoms with van der Waals surface area (Å²) in [4.78, 5) is 12.9. The molecule has 0 fully saturated rings. The predicted molar refractivity (Wildman–Crippen MR) is 83.6 cm³/mol. The van der Waals surface area contributed by atoms with Crippen LogP contribution in [0, 0.1) is 13.8 Å². The lowest BCUT2D eigenvalue weighted by Gasteiger charge is -2.14. The van der Waals surface area contributed by atoms with E-state index in [-0.39, 0.29) is 18.6 Å². The van der Waals surface area contributed by atoms with Crippen LogP contribution in [0.2, 0.25) is 0 Å². The van der Waals surface area contributed by atoms with Crippen molar-refractivity contribution in [3.05, 3.63) is 27.7 Å². The summed E-state index contributed by atoms with van der Waals surface area (Å²) in [6, 6.07) is 4.01. The van der Waals surface area contributed by atoms with E-state index in [1.807, 2.05) is 20.8 Å². The molecule has 1 atom stereocenters. The second-order valence-corrected chi connectivity index (χ2v) is 6.38. The van der Waals surface area contributed by atoms with Crippen LogP contribution in [0.25, 0.3) is 0 Å². The summed E-state index contributed by atoms with van der Waals surface area (Å²) in [6.45, 7) is 6.00. The highest BCUT2D eigenvalue weighted by atomic mass is 79.9. The number of amides is 1. The third-order valence-electron chi connectivity index (χ3n) is 2.89. The monoisotopic (exact) mass is 345 g/mol. The molecule has 2 N–H and O–H groups in total. The molecule has 0 aliphatic heterocycles. The molecule has 5 heteroatoms. The van der Waals surface area contributed by atoms with Crippen molar-refractivity contribution in [1.29, 1.82) is 0 Å². The van der Waals surface area contributed by atoms with Gasteiger partial charge in [0.2, 0.25) is 5.91 Å². The highest BCUT2D eigenvalue weighted by Gasteiger charge is 2.10. The van der Waals surface area contributed by atoms with E-state index in [0.717, 1.165) is 26.9 Å². The largest absolute Gasteiger partial charge is 0.394 e. The summed E-state index contributed by atoms with van der Waals surface area (Å²) in [7, 11) is 0. The minimum atomic E-state index is -0.138. The Morgan fingerprint density at radius 3 is 2.68 bits per heavy atom. The van der Waals surface area contributed by atoms with Crippen molar-refractivity contribution in [1.82, 2.24) is 5.32 Å². The van der Waals surface area contributed by atoms with Crippen molar-refractivity contribution in [3.8, 4) is 0 Å². The van der Waals surface area contributed by atoms with Gasteiger partial charge in [0.1, 0.15) is 0 Å². The summed E-state index contributed by atoms with van der Waals surface area (Å²) in [5.74, 6) is 0.337. The lowest BCUT2D eigenvalue weighted by Crippen LogP contribution is -2.37. The number of aliphatic hydroxyl groups is 1. The second kappa shape index (κ2) is 7.92. The third kappa shape index (κ3) is 5.16. The van der Waals surface area contributed by atoms with Crippen molar-refractivity contribution in [2.24, 2.45) is 0 Å². The molecular formula is C14H20BrNO2S. The van der Waals surface area contributed by atoms with Gasteiger partial charge in [0.25, 0.3) is 0 Å². The molecule has 1 amide bonds. The number of hydrogen-bond acceptors (Lipinski definition) is 3. The molecule has 0 saturated heterocycles. The van der Waals surface area contributed by atoms with Gasteiger partial charge in [-0.25, -0.2) is 0 Å². The number of aryl methyl sites for hydroxylation is 2. The first-order valence-electron chi connectivity index (χ1n) is 6.27. The highest BCUT2D eigenvalue weighted by Crippen LogP contribution is 2.28. The molecule has 1 aromatic carbocycles. The maximum Gasteiger partial charge on any atom is 0.230 e. The molecular weight excluding hydrogens is 326 g/mol. The van der Waals surface area contributed by atoms with E-state index in [0.29, 0.717) is 5.75 Å². The maximum atomic E-state index is 11.8. The van der Waals surface area contributed by atoms with E-state index in [4.69, 9.17) is 5.11 Å². The summed E-state index contributed by atoms with van der Waals surface area (Å²) < 4.78 is 1.09. The molecule has 3 nitrogen and oxygen atoms in total. The Hall–Kier alpha value is -0.520. The number of carbonyl (C=O) groups is 1. The molecule has 0 unspecified atom stereocenters. The molecule has 1 rings (SSSR count). The number of halogens is 1. The minimum Gasteiger partial charge on any atom is -0.394 e. The Balaban J connectivity index is 2.57. The number of rotatable bonds is 6. The van der Waals surface area contributed by atoms with Crippen LogP contribution in [0.4, 0.5) is 0 Å². The fourth-order valence-corrected chi connectivity index (χ4v) is 2.97. The zero-order valence-corrected chi connectivity index (χ0v) is 13.9. The molecule has 0 radical (unpaired) electrons. The molecule has 0 spiro atoms. The third-order valence-corrected chi connectivity index (χ3v) is 4.90. The zero-order valence-electron chi connectivity index (χ0n) is 11.5. The molecule has 0 aromatic heterocycles. The number of hydrogen-bond donors (Lipinski definition) is 2. The topological polar surface area (TPSA) is 49.3 Å². The van der Waals surface area contributed by atoms with Crippen LogP contribution in [0.5, 0.6) is 0 Å². The van der Waals surface area contributed by atoms with Crippen LogP contribution < -0.4 is 5.32 Å². The molecule has 0 aliphatic carbocycles. The normalized spacial score (nSPS) is 12.3. The average Bonchev–Trinajstić information content (AvgIpc) is 2.38. The Bertz CT molecular complexity index is 447. The van der Waals surface area contributed by atoms with E-state index < -0.39 is 0 Å². The molecule has 106 valence electrons. The summed E-state index contributed by atoms with van der Waals surface area (Å²) >= 11 is 5.02. The van der Waals surface area contributed by atoms with E-state index in [1.165, 1.54) is 11.8 Å². The van der Waals surface area contributed by atoms with Crippen molar-refractivity contribution in [3.63, 3.8) is 0 Å². The first-order valence-corrected chi connectivity index (χ1v) is 8.05. The molecule has 19 heavy (non-hydrogen) atoms. The SMILES string of the molecule is CC[C@H](CO)NC(=O)CSc1cc(C)c(Br)cc1C. The lowest BCUT2D eigenvalue weighted by atomic mass is 10.2. The Morgan fingerprint density at radius 2 is 2.11 bits per heavy atom. The lowest BCUT2D eigenvalue weighted by molar-refractivity contribution is -0.119. The summed E-state index contributed by atoms with van der Waals surface area (Å²) in [5, 5.41) is 11.9. The van der Waals surface area contributed by atoms with Gasteiger partial charge < -0.3 is 10.4 Å². The summed E-state index contributed by atoms with van der Waals surface area (Å²) in [6.07, 6.45) is 0.739. The van der Waals surface area contributed by atoms with Crippen LogP contribution >= 0.6 is 27.7 Å². The van der Waals surface area contributed by atoms with Crippen molar-refractivity contribution >= 4 is 33.6 Å². The molecule has 0 bridgehead atoms. The first kappa shape index (κ1) is 16.5. The molecule has 1 aromatic rings. The van der Waals surface area contributed by atoms with Crippen molar-refractivity contribution in [2.75, 3.05) is 12.4 Å². The second-order valence-electron chi connectivity index (χ2n) is 4.51. The van der Waals surface area contributed by atoms with Gasteiger partial charge in [0.05, 0.1) is 18.4 Å². The van der Waals surface area contributed by atoms with Crippen molar-refractivity contribution in [2.45, 2.75) is 38.1 Å². The van der Waals surface area contributed by atoms with Crippen LogP contribution in [-0.2, 0) is 4.79 Å². The van der Waals surface area contributed by atoms with Gasteiger partial charge >= 0.3 is 0 Å². The fraction of sp³-hybridized carbons (Fsp3) is 0.500. The maximum absolute atomic E-state index is 11.8. The van der Waals surface area contributed by atoms with Gasteiger partial charge in [-0.1, -0.05) is 22.9 Å².